The minimum Gasteiger partial charge on any atom is -0.370 e. The predicted octanol–water partition coefficient (Wildman–Crippen LogP) is 1.57. The van der Waals surface area contributed by atoms with Crippen molar-refractivity contribution in [3.8, 4) is 0 Å². The van der Waals surface area contributed by atoms with Crippen molar-refractivity contribution in [1.29, 1.82) is 5.41 Å². The summed E-state index contributed by atoms with van der Waals surface area (Å²) in [7, 11) is 0. The van der Waals surface area contributed by atoms with Crippen LogP contribution < -0.4 is 27.0 Å². The number of nitrogens with one attached hydrogen (secondary N) is 5. The summed E-state index contributed by atoms with van der Waals surface area (Å²) >= 11 is 11.9. The number of hydrogen-bond donors (Lipinski definition) is 6. The molecule has 0 saturated carbocycles. The van der Waals surface area contributed by atoms with E-state index in [0.717, 1.165) is 0 Å². The lowest BCUT2D eigenvalue weighted by atomic mass is 10.2. The molecule has 0 spiro atoms. The molecule has 0 aliphatic rings. The van der Waals surface area contributed by atoms with Crippen LogP contribution in [0.2, 0.25) is 10.0 Å². The highest BCUT2D eigenvalue weighted by molar-refractivity contribution is 6.39. The van der Waals surface area contributed by atoms with E-state index in [1.807, 2.05) is 0 Å². The minimum atomic E-state index is -0.459. The van der Waals surface area contributed by atoms with Gasteiger partial charge in [0.1, 0.15) is 0 Å². The van der Waals surface area contributed by atoms with Gasteiger partial charge < -0.3 is 27.0 Å². The molecular weight excluding hydrogens is 431 g/mol. The van der Waals surface area contributed by atoms with E-state index in [9.17, 15) is 14.4 Å². The Labute approximate surface area is 182 Å². The van der Waals surface area contributed by atoms with Gasteiger partial charge in [-0.3, -0.25) is 19.8 Å². The molecule has 11 heteroatoms. The molecule has 3 amide bonds. The fraction of sp³-hybridized carbons (Fsp3) is 0.158. The molecule has 0 aliphatic heterocycles. The molecule has 2 aromatic carbocycles. The van der Waals surface area contributed by atoms with Crippen LogP contribution in [0.3, 0.4) is 0 Å². The van der Waals surface area contributed by atoms with E-state index >= 15 is 0 Å². The summed E-state index contributed by atoms with van der Waals surface area (Å²) in [6.07, 6.45) is 0. The zero-order valence-corrected chi connectivity index (χ0v) is 17.2. The standard InChI is InChI=1S/C19H20Cl2N6O3/c20-13-5-2-6-14(21)16(13)18(30)25-8-7-24-15(28)10-26-17(29)11-3-1-4-12(9-11)27-19(22)23/h1-6,9H,7-8,10H2,(H,24,28)(H,25,30)(H,26,29)(H4,22,23,27). The number of amides is 3. The highest BCUT2D eigenvalue weighted by Gasteiger charge is 2.14. The molecule has 0 bridgehead atoms. The summed E-state index contributed by atoms with van der Waals surface area (Å²) in [4.78, 5) is 36.1. The Hall–Kier alpha value is -3.30. The lowest BCUT2D eigenvalue weighted by molar-refractivity contribution is -0.120. The molecular formula is C19H20Cl2N6O3. The van der Waals surface area contributed by atoms with Gasteiger partial charge in [0.25, 0.3) is 11.8 Å². The Bertz CT molecular complexity index is 947. The maximum absolute atomic E-state index is 12.1. The van der Waals surface area contributed by atoms with Gasteiger partial charge in [0.2, 0.25) is 5.91 Å². The average molecular weight is 451 g/mol. The van der Waals surface area contributed by atoms with Crippen molar-refractivity contribution < 1.29 is 14.4 Å². The van der Waals surface area contributed by atoms with Crippen LogP contribution in [0.1, 0.15) is 20.7 Å². The number of carbonyl (C=O) groups excluding carboxylic acids is 3. The van der Waals surface area contributed by atoms with Gasteiger partial charge in [0.05, 0.1) is 22.2 Å². The van der Waals surface area contributed by atoms with E-state index in [2.05, 4.69) is 21.3 Å². The lowest BCUT2D eigenvalue weighted by Crippen LogP contribution is -2.40. The Morgan fingerprint density at radius 1 is 0.900 bits per heavy atom. The first-order valence-corrected chi connectivity index (χ1v) is 9.51. The third-order valence-corrected chi connectivity index (χ3v) is 4.37. The van der Waals surface area contributed by atoms with Gasteiger partial charge in [-0.15, -0.1) is 0 Å². The number of guanidine groups is 1. The van der Waals surface area contributed by atoms with Crippen molar-refractivity contribution in [2.24, 2.45) is 5.73 Å². The number of rotatable bonds is 8. The van der Waals surface area contributed by atoms with Gasteiger partial charge in [-0.1, -0.05) is 35.3 Å². The van der Waals surface area contributed by atoms with Crippen LogP contribution in [0.4, 0.5) is 5.69 Å². The van der Waals surface area contributed by atoms with Crippen LogP contribution >= 0.6 is 23.2 Å². The van der Waals surface area contributed by atoms with Crippen molar-refractivity contribution in [2.45, 2.75) is 0 Å². The quantitative estimate of drug-likeness (QED) is 0.205. The van der Waals surface area contributed by atoms with Crippen LogP contribution in [0.15, 0.2) is 42.5 Å². The Morgan fingerprint density at radius 3 is 2.20 bits per heavy atom. The van der Waals surface area contributed by atoms with Crippen molar-refractivity contribution in [3.63, 3.8) is 0 Å². The Morgan fingerprint density at radius 2 is 1.53 bits per heavy atom. The first kappa shape index (κ1) is 23.0. The van der Waals surface area contributed by atoms with Gasteiger partial charge in [0.15, 0.2) is 5.96 Å². The molecule has 0 unspecified atom stereocenters. The monoisotopic (exact) mass is 450 g/mol. The second-order valence-electron chi connectivity index (χ2n) is 6.00. The van der Waals surface area contributed by atoms with E-state index in [1.54, 1.807) is 36.4 Å². The first-order chi connectivity index (χ1) is 14.3. The number of anilines is 1. The largest absolute Gasteiger partial charge is 0.370 e. The number of nitrogens with two attached hydrogens (primary N) is 1. The second kappa shape index (κ2) is 11.0. The van der Waals surface area contributed by atoms with Crippen molar-refractivity contribution in [1.82, 2.24) is 16.0 Å². The number of benzene rings is 2. The average Bonchev–Trinajstić information content (AvgIpc) is 2.69. The second-order valence-corrected chi connectivity index (χ2v) is 6.82. The normalized spacial score (nSPS) is 10.1. The fourth-order valence-corrected chi connectivity index (χ4v) is 2.97. The third-order valence-electron chi connectivity index (χ3n) is 3.74. The summed E-state index contributed by atoms with van der Waals surface area (Å²) in [6.45, 7) is 0.0624. The van der Waals surface area contributed by atoms with Crippen LogP contribution in [-0.4, -0.2) is 43.3 Å². The van der Waals surface area contributed by atoms with E-state index < -0.39 is 17.7 Å². The summed E-state index contributed by atoms with van der Waals surface area (Å²) in [5, 5.41) is 17.9. The molecule has 9 nitrogen and oxygen atoms in total. The molecule has 0 heterocycles. The lowest BCUT2D eigenvalue weighted by Gasteiger charge is -2.10. The molecule has 0 aromatic heterocycles. The van der Waals surface area contributed by atoms with Crippen molar-refractivity contribution >= 4 is 52.6 Å². The highest BCUT2D eigenvalue weighted by atomic mass is 35.5. The molecule has 7 N–H and O–H groups in total. The van der Waals surface area contributed by atoms with Gasteiger partial charge in [0, 0.05) is 24.3 Å². The predicted molar refractivity (Wildman–Crippen MR) is 116 cm³/mol. The number of carbonyl (C=O) groups is 3. The number of halogens is 2. The molecule has 30 heavy (non-hydrogen) atoms. The fourth-order valence-electron chi connectivity index (χ4n) is 2.40. The maximum atomic E-state index is 12.1. The maximum Gasteiger partial charge on any atom is 0.254 e. The zero-order valence-electron chi connectivity index (χ0n) is 15.7. The summed E-state index contributed by atoms with van der Waals surface area (Å²) in [5.41, 5.74) is 6.20. The third kappa shape index (κ3) is 6.94. The van der Waals surface area contributed by atoms with E-state index in [1.165, 1.54) is 6.07 Å². The van der Waals surface area contributed by atoms with E-state index in [-0.39, 0.29) is 41.2 Å². The molecule has 0 saturated heterocycles. The molecule has 158 valence electrons. The SMILES string of the molecule is N=C(N)Nc1cccc(C(=O)NCC(=O)NCCNC(=O)c2c(Cl)cccc2Cl)c1. The molecule has 0 atom stereocenters. The molecule has 2 rings (SSSR count). The highest BCUT2D eigenvalue weighted by Crippen LogP contribution is 2.23. The molecule has 2 aromatic rings. The Balaban J connectivity index is 1.73. The number of hydrogen-bond acceptors (Lipinski definition) is 4. The smallest absolute Gasteiger partial charge is 0.254 e. The van der Waals surface area contributed by atoms with E-state index in [0.29, 0.717) is 11.3 Å². The topological polar surface area (TPSA) is 149 Å². The van der Waals surface area contributed by atoms with Crippen molar-refractivity contribution in [3.05, 3.63) is 63.6 Å². The van der Waals surface area contributed by atoms with E-state index in [4.69, 9.17) is 34.3 Å². The van der Waals surface area contributed by atoms with Crippen LogP contribution in [0, 0.1) is 5.41 Å². The molecule has 0 fully saturated rings. The van der Waals surface area contributed by atoms with Crippen LogP contribution in [0.5, 0.6) is 0 Å². The summed E-state index contributed by atoms with van der Waals surface area (Å²) in [6, 6.07) is 11.1. The molecule has 0 radical (unpaired) electrons. The summed E-state index contributed by atoms with van der Waals surface area (Å²) < 4.78 is 0. The van der Waals surface area contributed by atoms with Crippen molar-refractivity contribution in [2.75, 3.05) is 25.0 Å². The Kier molecular flexibility index (Phi) is 8.45. The van der Waals surface area contributed by atoms with Gasteiger partial charge >= 0.3 is 0 Å². The van der Waals surface area contributed by atoms with Gasteiger partial charge in [-0.2, -0.15) is 0 Å². The minimum absolute atomic E-state index is 0.152. The van der Waals surface area contributed by atoms with Gasteiger partial charge in [-0.05, 0) is 30.3 Å². The van der Waals surface area contributed by atoms with Crippen LogP contribution in [-0.2, 0) is 4.79 Å². The molecule has 0 aliphatic carbocycles. The van der Waals surface area contributed by atoms with Crippen LogP contribution in [0.25, 0.3) is 0 Å². The zero-order chi connectivity index (χ0) is 22.1. The summed E-state index contributed by atoms with van der Waals surface area (Å²) in [5.74, 6) is -1.59. The van der Waals surface area contributed by atoms with Gasteiger partial charge in [-0.25, -0.2) is 0 Å². The first-order valence-electron chi connectivity index (χ1n) is 8.76.